The average molecular weight is 230 g/mol. The molecule has 2 aliphatic carbocycles. The van der Waals surface area contributed by atoms with E-state index in [0.717, 1.165) is 6.42 Å². The van der Waals surface area contributed by atoms with Crippen molar-refractivity contribution < 1.29 is 9.53 Å². The largest absolute Gasteiger partial charge is 0.460 e. The molecular formula is C15H18O2. The van der Waals surface area contributed by atoms with Gasteiger partial charge in [0, 0.05) is 5.92 Å². The Morgan fingerprint density at radius 3 is 2.71 bits per heavy atom. The lowest BCUT2D eigenvalue weighted by atomic mass is 10.0. The number of hydrogen-bond acceptors (Lipinski definition) is 2. The molecule has 1 fully saturated rings. The van der Waals surface area contributed by atoms with Crippen molar-refractivity contribution in [2.24, 2.45) is 11.8 Å². The summed E-state index contributed by atoms with van der Waals surface area (Å²) in [6, 6.07) is 8.47. The molecule has 0 aliphatic heterocycles. The smallest absolute Gasteiger partial charge is 0.310 e. The zero-order valence-electron chi connectivity index (χ0n) is 10.6. The minimum atomic E-state index is -0.368. The minimum Gasteiger partial charge on any atom is -0.460 e. The van der Waals surface area contributed by atoms with E-state index in [4.69, 9.17) is 4.74 Å². The number of fused-ring (bicyclic) bond motifs is 3. The first kappa shape index (κ1) is 10.8. The van der Waals surface area contributed by atoms with Gasteiger partial charge in [-0.15, -0.1) is 0 Å². The van der Waals surface area contributed by atoms with E-state index in [-0.39, 0.29) is 17.5 Å². The van der Waals surface area contributed by atoms with Crippen molar-refractivity contribution in [2.75, 3.05) is 0 Å². The van der Waals surface area contributed by atoms with Gasteiger partial charge < -0.3 is 4.74 Å². The molecule has 3 rings (SSSR count). The van der Waals surface area contributed by atoms with Crippen LogP contribution in [-0.2, 0) is 16.0 Å². The molecule has 0 unspecified atom stereocenters. The lowest BCUT2D eigenvalue weighted by Crippen LogP contribution is -2.26. The summed E-state index contributed by atoms with van der Waals surface area (Å²) >= 11 is 0. The van der Waals surface area contributed by atoms with E-state index in [2.05, 4.69) is 24.3 Å². The third-order valence-corrected chi connectivity index (χ3v) is 3.72. The van der Waals surface area contributed by atoms with E-state index >= 15 is 0 Å². The molecule has 0 spiro atoms. The van der Waals surface area contributed by atoms with Gasteiger partial charge in [-0.1, -0.05) is 24.3 Å². The van der Waals surface area contributed by atoms with Crippen molar-refractivity contribution in [2.45, 2.75) is 38.7 Å². The van der Waals surface area contributed by atoms with E-state index in [1.807, 2.05) is 20.8 Å². The fraction of sp³-hybridized carbons (Fsp3) is 0.533. The summed E-state index contributed by atoms with van der Waals surface area (Å²) in [6.45, 7) is 5.78. The Bertz CT molecular complexity index is 470. The SMILES string of the molecule is CC(C)(C)OC(=O)[C@@H]1[C@@H]2Cc3ccccc3[C@@H]21. The Kier molecular flexibility index (Phi) is 2.13. The fourth-order valence-corrected chi connectivity index (χ4v) is 3.04. The van der Waals surface area contributed by atoms with Gasteiger partial charge in [0.2, 0.25) is 0 Å². The number of carbonyl (C=O) groups is 1. The summed E-state index contributed by atoms with van der Waals surface area (Å²) in [4.78, 5) is 12.0. The molecule has 0 heterocycles. The van der Waals surface area contributed by atoms with Crippen molar-refractivity contribution in [3.63, 3.8) is 0 Å². The van der Waals surface area contributed by atoms with Crippen LogP contribution in [0.15, 0.2) is 24.3 Å². The van der Waals surface area contributed by atoms with Crippen molar-refractivity contribution >= 4 is 5.97 Å². The van der Waals surface area contributed by atoms with Gasteiger partial charge in [-0.25, -0.2) is 0 Å². The maximum Gasteiger partial charge on any atom is 0.310 e. The van der Waals surface area contributed by atoms with Crippen LogP contribution in [0.4, 0.5) is 0 Å². The van der Waals surface area contributed by atoms with E-state index in [0.29, 0.717) is 11.8 Å². The number of ether oxygens (including phenoxy) is 1. The van der Waals surface area contributed by atoms with Gasteiger partial charge >= 0.3 is 5.97 Å². The predicted octanol–water partition coefficient (Wildman–Crippen LogP) is 2.91. The molecular weight excluding hydrogens is 212 g/mol. The lowest BCUT2D eigenvalue weighted by Gasteiger charge is -2.20. The number of carbonyl (C=O) groups excluding carboxylic acids is 1. The van der Waals surface area contributed by atoms with Crippen molar-refractivity contribution in [1.29, 1.82) is 0 Å². The second kappa shape index (κ2) is 3.34. The highest BCUT2D eigenvalue weighted by molar-refractivity contribution is 5.80. The summed E-state index contributed by atoms with van der Waals surface area (Å²) < 4.78 is 5.47. The Morgan fingerprint density at radius 1 is 1.29 bits per heavy atom. The number of hydrogen-bond donors (Lipinski definition) is 0. The van der Waals surface area contributed by atoms with Crippen LogP contribution in [0.3, 0.4) is 0 Å². The second-order valence-corrected chi connectivity index (χ2v) is 6.15. The molecule has 1 aromatic rings. The van der Waals surface area contributed by atoms with Crippen LogP contribution in [0, 0.1) is 11.8 Å². The molecule has 0 radical (unpaired) electrons. The van der Waals surface area contributed by atoms with Crippen LogP contribution in [0.5, 0.6) is 0 Å². The number of benzene rings is 1. The van der Waals surface area contributed by atoms with E-state index in [9.17, 15) is 4.79 Å². The van der Waals surface area contributed by atoms with Crippen molar-refractivity contribution in [1.82, 2.24) is 0 Å². The van der Waals surface area contributed by atoms with Gasteiger partial charge in [0.15, 0.2) is 0 Å². The molecule has 1 saturated carbocycles. The van der Waals surface area contributed by atoms with Crippen LogP contribution < -0.4 is 0 Å². The van der Waals surface area contributed by atoms with Gasteiger partial charge in [-0.05, 0) is 44.2 Å². The second-order valence-electron chi connectivity index (χ2n) is 6.15. The van der Waals surface area contributed by atoms with Gasteiger partial charge in [0.1, 0.15) is 5.60 Å². The molecule has 0 amide bonds. The molecule has 2 nitrogen and oxygen atoms in total. The highest BCUT2D eigenvalue weighted by atomic mass is 16.6. The highest BCUT2D eigenvalue weighted by Crippen LogP contribution is 2.61. The predicted molar refractivity (Wildman–Crippen MR) is 65.7 cm³/mol. The zero-order chi connectivity index (χ0) is 12.2. The minimum absolute atomic E-state index is 0.0120. The van der Waals surface area contributed by atoms with Crippen LogP contribution in [0.2, 0.25) is 0 Å². The summed E-state index contributed by atoms with van der Waals surface area (Å²) in [5.41, 5.74) is 2.42. The number of esters is 1. The van der Waals surface area contributed by atoms with Gasteiger partial charge in [-0.2, -0.15) is 0 Å². The fourth-order valence-electron chi connectivity index (χ4n) is 3.04. The van der Waals surface area contributed by atoms with Gasteiger partial charge in [-0.3, -0.25) is 4.79 Å². The molecule has 0 aromatic heterocycles. The Balaban J connectivity index is 1.75. The third kappa shape index (κ3) is 1.76. The molecule has 2 heteroatoms. The lowest BCUT2D eigenvalue weighted by molar-refractivity contribution is -0.157. The van der Waals surface area contributed by atoms with Gasteiger partial charge in [0.05, 0.1) is 5.92 Å². The average Bonchev–Trinajstić information content (AvgIpc) is 2.80. The molecule has 0 bridgehead atoms. The quantitative estimate of drug-likeness (QED) is 0.693. The number of rotatable bonds is 1. The zero-order valence-corrected chi connectivity index (χ0v) is 10.6. The molecule has 2 aliphatic rings. The van der Waals surface area contributed by atoms with E-state index in [1.165, 1.54) is 11.1 Å². The monoisotopic (exact) mass is 230 g/mol. The topological polar surface area (TPSA) is 26.3 Å². The van der Waals surface area contributed by atoms with E-state index in [1.54, 1.807) is 0 Å². The highest BCUT2D eigenvalue weighted by Gasteiger charge is 2.60. The first-order chi connectivity index (χ1) is 7.97. The Hall–Kier alpha value is -1.31. The Morgan fingerprint density at radius 2 is 2.00 bits per heavy atom. The molecule has 0 saturated heterocycles. The van der Waals surface area contributed by atoms with Gasteiger partial charge in [0.25, 0.3) is 0 Å². The van der Waals surface area contributed by atoms with Crippen LogP contribution in [-0.4, -0.2) is 11.6 Å². The summed E-state index contributed by atoms with van der Waals surface area (Å²) in [5.74, 6) is 1.04. The standard InChI is InChI=1S/C15H18O2/c1-15(2,3)17-14(16)13-11-8-9-6-4-5-7-10(9)12(11)13/h4-7,11-13H,8H2,1-3H3/t11-,12+,13-/m1/s1. The summed E-state index contributed by atoms with van der Waals surface area (Å²) in [7, 11) is 0. The van der Waals surface area contributed by atoms with E-state index < -0.39 is 0 Å². The van der Waals surface area contributed by atoms with Crippen molar-refractivity contribution in [3.8, 4) is 0 Å². The van der Waals surface area contributed by atoms with Crippen LogP contribution in [0.25, 0.3) is 0 Å². The molecule has 90 valence electrons. The molecule has 0 N–H and O–H groups in total. The Labute approximate surface area is 102 Å². The van der Waals surface area contributed by atoms with Crippen LogP contribution >= 0.6 is 0 Å². The molecule has 3 atom stereocenters. The summed E-state index contributed by atoms with van der Waals surface area (Å²) in [5, 5.41) is 0. The molecule has 1 aromatic carbocycles. The maximum absolute atomic E-state index is 12.0. The first-order valence-corrected chi connectivity index (χ1v) is 6.28. The maximum atomic E-state index is 12.0. The first-order valence-electron chi connectivity index (χ1n) is 6.28. The third-order valence-electron chi connectivity index (χ3n) is 3.72. The molecule has 17 heavy (non-hydrogen) atoms. The van der Waals surface area contributed by atoms with Crippen LogP contribution in [0.1, 0.15) is 37.8 Å². The summed E-state index contributed by atoms with van der Waals surface area (Å²) in [6.07, 6.45) is 1.05. The van der Waals surface area contributed by atoms with Crippen molar-refractivity contribution in [3.05, 3.63) is 35.4 Å². The normalized spacial score (nSPS) is 29.5.